The molecular formula is C89H156O5. The zero-order valence-corrected chi connectivity index (χ0v) is 62.5. The number of ether oxygens (including phenoxy) is 2. The van der Waals surface area contributed by atoms with Crippen molar-refractivity contribution in [1.29, 1.82) is 0 Å². The first-order valence-electron chi connectivity index (χ1n) is 41.1. The molecule has 0 spiro atoms. The Bertz CT molecular complexity index is 1820. The van der Waals surface area contributed by atoms with Gasteiger partial charge in [0.2, 0.25) is 0 Å². The molecule has 0 saturated heterocycles. The van der Waals surface area contributed by atoms with Crippen molar-refractivity contribution in [2.75, 3.05) is 13.2 Å². The summed E-state index contributed by atoms with van der Waals surface area (Å²) in [5.41, 5.74) is 0. The summed E-state index contributed by atoms with van der Waals surface area (Å²) in [7, 11) is 0. The number of unbranched alkanes of at least 4 members (excludes halogenated alkanes) is 48. The van der Waals surface area contributed by atoms with Gasteiger partial charge in [0.1, 0.15) is 6.61 Å². The Balaban J connectivity index is 3.42. The molecule has 0 rings (SSSR count). The average molecular weight is 1310 g/mol. The molecule has 0 aliphatic heterocycles. The molecule has 0 amide bonds. The smallest absolute Gasteiger partial charge is 0.306 e. The molecule has 1 atom stereocenters. The molecule has 0 aromatic heterocycles. The number of rotatable bonds is 76. The Kier molecular flexibility index (Phi) is 80.2. The second-order valence-corrected chi connectivity index (χ2v) is 27.5. The summed E-state index contributed by atoms with van der Waals surface area (Å²) in [5, 5.41) is 9.74. The Hall–Kier alpha value is -3.70. The van der Waals surface area contributed by atoms with Crippen LogP contribution in [0.15, 0.2) is 122 Å². The van der Waals surface area contributed by atoms with Gasteiger partial charge in [-0.05, 0) is 109 Å². The van der Waals surface area contributed by atoms with Crippen LogP contribution in [0.1, 0.15) is 412 Å². The van der Waals surface area contributed by atoms with E-state index in [0.29, 0.717) is 12.8 Å². The van der Waals surface area contributed by atoms with Gasteiger partial charge in [0.15, 0.2) is 6.10 Å². The molecule has 0 radical (unpaired) electrons. The summed E-state index contributed by atoms with van der Waals surface area (Å²) in [6.07, 6.45) is 123. The molecule has 5 heteroatoms. The lowest BCUT2D eigenvalue weighted by Gasteiger charge is -2.15. The largest absolute Gasteiger partial charge is 0.462 e. The van der Waals surface area contributed by atoms with Crippen molar-refractivity contribution in [3.8, 4) is 0 Å². The standard InChI is InChI=1S/C89H156O5/c1-3-5-7-9-11-13-15-17-19-21-23-25-27-29-31-33-35-37-39-41-43-44-46-48-50-52-54-56-58-60-62-64-66-68-70-72-74-76-78-80-82-84-89(92)94-87(85-90)86-93-88(91)83-81-79-77-75-73-71-69-67-65-63-61-59-57-55-53-51-49-47-45-42-40-38-36-34-32-30-28-26-24-22-20-18-16-14-12-10-8-6-4-2/h5,7,11,13,16-19,22-25,29,31,35,37,41,43,46,48,87,90H,3-4,6,8-10,12,14-15,20-21,26-28,30,32-34,36,38-40,42,44-45,47,49-86H2,1-2H3/b7-5-,13-11-,18-16-,19-17-,24-22-,25-23-,31-29-,37-35-,43-41-,48-46-. The van der Waals surface area contributed by atoms with E-state index in [1.54, 1.807) is 0 Å². The van der Waals surface area contributed by atoms with Crippen LogP contribution in [0.2, 0.25) is 0 Å². The van der Waals surface area contributed by atoms with E-state index >= 15 is 0 Å². The van der Waals surface area contributed by atoms with Gasteiger partial charge >= 0.3 is 11.9 Å². The minimum atomic E-state index is -0.777. The normalized spacial score (nSPS) is 12.8. The number of hydrogen-bond donors (Lipinski definition) is 1. The zero-order valence-electron chi connectivity index (χ0n) is 62.5. The third-order valence-electron chi connectivity index (χ3n) is 18.2. The number of allylic oxidation sites excluding steroid dienone is 20. The predicted molar refractivity (Wildman–Crippen MR) is 417 cm³/mol. The molecule has 0 aromatic rings. The summed E-state index contributed by atoms with van der Waals surface area (Å²) in [6.45, 7) is 4.06. The molecule has 1 unspecified atom stereocenters. The highest BCUT2D eigenvalue weighted by molar-refractivity contribution is 5.70. The van der Waals surface area contributed by atoms with Crippen LogP contribution in [-0.2, 0) is 19.1 Å². The highest BCUT2D eigenvalue weighted by atomic mass is 16.6. The summed E-state index contributed by atoms with van der Waals surface area (Å²) in [4.78, 5) is 24.7. The van der Waals surface area contributed by atoms with E-state index in [1.807, 2.05) is 0 Å². The van der Waals surface area contributed by atoms with Crippen LogP contribution in [0.5, 0.6) is 0 Å². The van der Waals surface area contributed by atoms with Crippen molar-refractivity contribution in [2.24, 2.45) is 0 Å². The minimum absolute atomic E-state index is 0.0645. The lowest BCUT2D eigenvalue weighted by molar-refractivity contribution is -0.161. The van der Waals surface area contributed by atoms with E-state index in [4.69, 9.17) is 9.47 Å². The first-order valence-corrected chi connectivity index (χ1v) is 41.1. The van der Waals surface area contributed by atoms with Crippen molar-refractivity contribution in [3.05, 3.63) is 122 Å². The van der Waals surface area contributed by atoms with Crippen molar-refractivity contribution < 1.29 is 24.2 Å². The number of esters is 2. The third-order valence-corrected chi connectivity index (χ3v) is 18.2. The number of hydrogen-bond acceptors (Lipinski definition) is 5. The predicted octanol–water partition coefficient (Wildman–Crippen LogP) is 29.2. The van der Waals surface area contributed by atoms with E-state index in [1.165, 1.54) is 289 Å². The second-order valence-electron chi connectivity index (χ2n) is 27.5. The van der Waals surface area contributed by atoms with Gasteiger partial charge < -0.3 is 14.6 Å². The Labute approximate surface area is 585 Å². The quantitative estimate of drug-likeness (QED) is 0.0373. The van der Waals surface area contributed by atoms with E-state index in [9.17, 15) is 14.7 Å². The number of aliphatic hydroxyl groups is 1. The fourth-order valence-electron chi connectivity index (χ4n) is 12.1. The van der Waals surface area contributed by atoms with Gasteiger partial charge in [-0.3, -0.25) is 9.59 Å². The summed E-state index contributed by atoms with van der Waals surface area (Å²) in [6, 6.07) is 0. The lowest BCUT2D eigenvalue weighted by Crippen LogP contribution is -2.28. The topological polar surface area (TPSA) is 72.8 Å². The highest BCUT2D eigenvalue weighted by Gasteiger charge is 2.16. The van der Waals surface area contributed by atoms with Gasteiger partial charge in [0, 0.05) is 12.8 Å². The highest BCUT2D eigenvalue weighted by Crippen LogP contribution is 2.19. The molecule has 0 aromatic carbocycles. The fourth-order valence-corrected chi connectivity index (χ4v) is 12.1. The van der Waals surface area contributed by atoms with Crippen molar-refractivity contribution in [1.82, 2.24) is 0 Å². The van der Waals surface area contributed by atoms with E-state index in [0.717, 1.165) is 96.3 Å². The SMILES string of the molecule is CC/C=C\C/C=C\C/C=C\C/C=C\C/C=C\C/C=C\C/C=C\C/C=C\CCCCCCCCCCCCCCCCCCC(=O)OC(CO)COC(=O)CCCCCCCCCCCCCCCCCCCCCCCCCCCCC/C=C\C/C=C\CCCCCCC. The van der Waals surface area contributed by atoms with Crippen LogP contribution in [-0.4, -0.2) is 36.4 Å². The molecular weight excluding hydrogens is 1150 g/mol. The molecule has 0 fully saturated rings. The number of carbonyl (C=O) groups excluding carboxylic acids is 2. The van der Waals surface area contributed by atoms with Crippen molar-refractivity contribution >= 4 is 11.9 Å². The summed E-state index contributed by atoms with van der Waals surface area (Å²) >= 11 is 0. The van der Waals surface area contributed by atoms with Crippen molar-refractivity contribution in [3.63, 3.8) is 0 Å². The van der Waals surface area contributed by atoms with E-state index in [2.05, 4.69) is 135 Å². The van der Waals surface area contributed by atoms with Crippen LogP contribution in [0.25, 0.3) is 0 Å². The van der Waals surface area contributed by atoms with Gasteiger partial charge in [0.05, 0.1) is 6.61 Å². The fraction of sp³-hybridized carbons (Fsp3) is 0.753. The molecule has 94 heavy (non-hydrogen) atoms. The maximum atomic E-state index is 12.4. The maximum absolute atomic E-state index is 12.4. The van der Waals surface area contributed by atoms with Gasteiger partial charge in [-0.15, -0.1) is 0 Å². The Morgan fingerprint density at radius 3 is 0.691 bits per heavy atom. The Morgan fingerprint density at radius 2 is 0.457 bits per heavy atom. The minimum Gasteiger partial charge on any atom is -0.462 e. The van der Waals surface area contributed by atoms with Crippen LogP contribution in [0.4, 0.5) is 0 Å². The third kappa shape index (κ3) is 80.7. The molecule has 542 valence electrons. The summed E-state index contributed by atoms with van der Waals surface area (Å²) < 4.78 is 10.8. The summed E-state index contributed by atoms with van der Waals surface area (Å²) in [5.74, 6) is -0.573. The number of carbonyl (C=O) groups is 2. The monoisotopic (exact) mass is 1310 g/mol. The molecule has 1 N–H and O–H groups in total. The first kappa shape index (κ1) is 90.3. The molecule has 0 aliphatic rings. The van der Waals surface area contributed by atoms with Gasteiger partial charge in [-0.25, -0.2) is 0 Å². The van der Waals surface area contributed by atoms with Gasteiger partial charge in [-0.1, -0.05) is 411 Å². The first-order chi connectivity index (χ1) is 46.6. The van der Waals surface area contributed by atoms with Crippen LogP contribution in [0.3, 0.4) is 0 Å². The van der Waals surface area contributed by atoms with Gasteiger partial charge in [0.25, 0.3) is 0 Å². The van der Waals surface area contributed by atoms with E-state index in [-0.39, 0.29) is 25.2 Å². The Morgan fingerprint density at radius 1 is 0.255 bits per heavy atom. The molecule has 0 saturated carbocycles. The van der Waals surface area contributed by atoms with Gasteiger partial charge in [-0.2, -0.15) is 0 Å². The maximum Gasteiger partial charge on any atom is 0.306 e. The molecule has 0 aliphatic carbocycles. The second kappa shape index (κ2) is 83.5. The van der Waals surface area contributed by atoms with E-state index < -0.39 is 6.10 Å². The van der Waals surface area contributed by atoms with Crippen LogP contribution < -0.4 is 0 Å². The average Bonchev–Trinajstić information content (AvgIpc) is 3.77. The molecule has 0 bridgehead atoms. The van der Waals surface area contributed by atoms with Crippen LogP contribution >= 0.6 is 0 Å². The zero-order chi connectivity index (χ0) is 67.5. The molecule has 5 nitrogen and oxygen atoms in total. The lowest BCUT2D eigenvalue weighted by atomic mass is 10.0. The number of aliphatic hydroxyl groups excluding tert-OH is 1. The molecule has 0 heterocycles. The van der Waals surface area contributed by atoms with Crippen LogP contribution in [0, 0.1) is 0 Å². The van der Waals surface area contributed by atoms with Crippen molar-refractivity contribution in [2.45, 2.75) is 418 Å².